The molecule has 0 aliphatic carbocycles. The number of nitrogens with one attached hydrogen (secondary N) is 4. The fourth-order valence-electron chi connectivity index (χ4n) is 4.05. The standard InChI is InChI=1S/C28H35N7O4S/c1-4-13-39-27(38)22(16-32-25(36)23-11-7-14-40-23)35-26(37)24-17(2)33-28(34-18(24)3)31-12-6-9-19-8-5-10-21(30)20(19)15-29/h5,7-8,10-11,14-15,22,29H,4,6,9,12-13,16,30H2,1-3H3,(H,32,36)(H,35,37)(H,31,33,34)/t22-/m0/s1. The molecule has 40 heavy (non-hydrogen) atoms. The smallest absolute Gasteiger partial charge is 0.330 e. The van der Waals surface area contributed by atoms with Crippen LogP contribution in [0.4, 0.5) is 11.6 Å². The van der Waals surface area contributed by atoms with Crippen LogP contribution in [-0.4, -0.2) is 59.7 Å². The van der Waals surface area contributed by atoms with Gasteiger partial charge in [0, 0.05) is 30.6 Å². The van der Waals surface area contributed by atoms with E-state index in [-0.39, 0.29) is 24.6 Å². The number of ether oxygens (including phenoxy) is 1. The third-order valence-corrected chi connectivity index (χ3v) is 6.90. The Morgan fingerprint density at radius 2 is 1.88 bits per heavy atom. The number of rotatable bonds is 14. The van der Waals surface area contributed by atoms with Gasteiger partial charge in [0.1, 0.15) is 6.04 Å². The molecule has 2 amide bonds. The molecule has 1 atom stereocenters. The number of thiophene rings is 1. The average Bonchev–Trinajstić information content (AvgIpc) is 3.47. The van der Waals surface area contributed by atoms with Crippen molar-refractivity contribution in [1.29, 1.82) is 5.41 Å². The summed E-state index contributed by atoms with van der Waals surface area (Å²) in [5.74, 6) is -1.13. The number of esters is 1. The van der Waals surface area contributed by atoms with Gasteiger partial charge in [-0.15, -0.1) is 11.3 Å². The lowest BCUT2D eigenvalue weighted by Crippen LogP contribution is -2.49. The molecule has 212 valence electrons. The predicted octanol–water partition coefficient (Wildman–Crippen LogP) is 3.26. The summed E-state index contributed by atoms with van der Waals surface area (Å²) < 4.78 is 5.24. The van der Waals surface area contributed by atoms with Gasteiger partial charge in [-0.1, -0.05) is 25.1 Å². The molecule has 0 unspecified atom stereocenters. The van der Waals surface area contributed by atoms with Crippen molar-refractivity contribution in [2.24, 2.45) is 0 Å². The summed E-state index contributed by atoms with van der Waals surface area (Å²) in [6, 6.07) is 7.94. The van der Waals surface area contributed by atoms with Crippen LogP contribution in [0.25, 0.3) is 0 Å². The molecule has 0 spiro atoms. The minimum absolute atomic E-state index is 0.129. The first kappa shape index (κ1) is 30.2. The van der Waals surface area contributed by atoms with Gasteiger partial charge in [-0.2, -0.15) is 0 Å². The number of carbonyl (C=O) groups excluding carboxylic acids is 3. The molecule has 3 rings (SSSR count). The quantitative estimate of drug-likeness (QED) is 0.0857. The molecule has 3 aromatic rings. The molecule has 2 heterocycles. The zero-order valence-electron chi connectivity index (χ0n) is 22.9. The number of aryl methyl sites for hydroxylation is 3. The van der Waals surface area contributed by atoms with E-state index in [4.69, 9.17) is 15.9 Å². The molecular weight excluding hydrogens is 530 g/mol. The lowest BCUT2D eigenvalue weighted by Gasteiger charge is -2.19. The topological polar surface area (TPSA) is 172 Å². The molecule has 2 aromatic heterocycles. The Bertz CT molecular complexity index is 1320. The van der Waals surface area contributed by atoms with Crippen molar-refractivity contribution in [3.63, 3.8) is 0 Å². The van der Waals surface area contributed by atoms with Crippen molar-refractivity contribution in [2.75, 3.05) is 30.7 Å². The number of hydrogen-bond donors (Lipinski definition) is 5. The highest BCUT2D eigenvalue weighted by Gasteiger charge is 2.26. The zero-order chi connectivity index (χ0) is 29.1. The SMILES string of the molecule is CCCOC(=O)[C@H](CNC(=O)c1cccs1)NC(=O)c1c(C)nc(NCCCc2cccc(N)c2C=N)nc1C. The third-order valence-electron chi connectivity index (χ3n) is 6.03. The van der Waals surface area contributed by atoms with Crippen LogP contribution in [-0.2, 0) is 16.0 Å². The number of amides is 2. The van der Waals surface area contributed by atoms with Crippen molar-refractivity contribution in [1.82, 2.24) is 20.6 Å². The first-order valence-corrected chi connectivity index (χ1v) is 13.9. The lowest BCUT2D eigenvalue weighted by molar-refractivity contribution is -0.145. The normalized spacial score (nSPS) is 11.4. The van der Waals surface area contributed by atoms with Gasteiger partial charge in [-0.05, 0) is 56.2 Å². The van der Waals surface area contributed by atoms with E-state index >= 15 is 0 Å². The number of aromatic nitrogens is 2. The Labute approximate surface area is 237 Å². The first-order chi connectivity index (χ1) is 19.2. The van der Waals surface area contributed by atoms with E-state index in [2.05, 4.69) is 25.9 Å². The molecule has 11 nitrogen and oxygen atoms in total. The van der Waals surface area contributed by atoms with E-state index in [9.17, 15) is 14.4 Å². The van der Waals surface area contributed by atoms with Crippen molar-refractivity contribution in [3.05, 3.63) is 68.7 Å². The fourth-order valence-corrected chi connectivity index (χ4v) is 4.69. The fraction of sp³-hybridized carbons (Fsp3) is 0.357. The third kappa shape index (κ3) is 8.09. The second kappa shape index (κ2) is 14.7. The Morgan fingerprint density at radius 3 is 2.52 bits per heavy atom. The van der Waals surface area contributed by atoms with Gasteiger partial charge < -0.3 is 31.8 Å². The van der Waals surface area contributed by atoms with E-state index in [0.717, 1.165) is 24.0 Å². The highest BCUT2D eigenvalue weighted by Crippen LogP contribution is 2.17. The summed E-state index contributed by atoms with van der Waals surface area (Å²) in [5.41, 5.74) is 9.39. The van der Waals surface area contributed by atoms with Crippen LogP contribution in [0.2, 0.25) is 0 Å². The van der Waals surface area contributed by atoms with Crippen molar-refractivity contribution >= 4 is 47.0 Å². The second-order valence-electron chi connectivity index (χ2n) is 9.07. The van der Waals surface area contributed by atoms with Crippen molar-refractivity contribution in [2.45, 2.75) is 46.1 Å². The maximum atomic E-state index is 13.2. The highest BCUT2D eigenvalue weighted by molar-refractivity contribution is 7.12. The van der Waals surface area contributed by atoms with E-state index in [0.29, 0.717) is 40.9 Å². The van der Waals surface area contributed by atoms with E-state index in [1.54, 1.807) is 37.4 Å². The van der Waals surface area contributed by atoms with Crippen LogP contribution in [0.3, 0.4) is 0 Å². The minimum atomic E-state index is -1.09. The van der Waals surface area contributed by atoms with Crippen LogP contribution in [0, 0.1) is 19.3 Å². The number of nitrogen functional groups attached to an aromatic ring is 1. The number of hydrogen-bond acceptors (Lipinski definition) is 10. The van der Waals surface area contributed by atoms with Gasteiger partial charge in [0.05, 0.1) is 28.4 Å². The molecule has 0 saturated heterocycles. The van der Waals surface area contributed by atoms with Gasteiger partial charge in [0.15, 0.2) is 0 Å². The van der Waals surface area contributed by atoms with E-state index in [1.807, 2.05) is 19.1 Å². The number of nitrogens with zero attached hydrogens (tertiary/aromatic N) is 2. The average molecular weight is 566 g/mol. The Balaban J connectivity index is 1.63. The van der Waals surface area contributed by atoms with Gasteiger partial charge in [-0.25, -0.2) is 14.8 Å². The van der Waals surface area contributed by atoms with Crippen LogP contribution in [0.5, 0.6) is 0 Å². The second-order valence-corrected chi connectivity index (χ2v) is 10.0. The molecule has 0 saturated carbocycles. The maximum Gasteiger partial charge on any atom is 0.330 e. The van der Waals surface area contributed by atoms with Crippen LogP contribution >= 0.6 is 11.3 Å². The van der Waals surface area contributed by atoms with Gasteiger partial charge >= 0.3 is 5.97 Å². The molecule has 6 N–H and O–H groups in total. The van der Waals surface area contributed by atoms with Gasteiger partial charge in [0.25, 0.3) is 11.8 Å². The van der Waals surface area contributed by atoms with E-state index in [1.165, 1.54) is 17.6 Å². The van der Waals surface area contributed by atoms with Crippen LogP contribution < -0.4 is 21.7 Å². The Kier molecular flexibility index (Phi) is 11.1. The summed E-state index contributed by atoms with van der Waals surface area (Å²) in [6.45, 7) is 5.90. The van der Waals surface area contributed by atoms with Gasteiger partial charge in [-0.3, -0.25) is 9.59 Å². The lowest BCUT2D eigenvalue weighted by atomic mass is 10.0. The number of carbonyl (C=O) groups is 3. The summed E-state index contributed by atoms with van der Waals surface area (Å²) in [6.07, 6.45) is 3.37. The largest absolute Gasteiger partial charge is 0.464 e. The van der Waals surface area contributed by atoms with Crippen molar-refractivity contribution < 1.29 is 19.1 Å². The summed E-state index contributed by atoms with van der Waals surface area (Å²) in [5, 5.41) is 17.9. The van der Waals surface area contributed by atoms with Crippen molar-refractivity contribution in [3.8, 4) is 0 Å². The first-order valence-electron chi connectivity index (χ1n) is 13.0. The zero-order valence-corrected chi connectivity index (χ0v) is 23.7. The Morgan fingerprint density at radius 1 is 1.12 bits per heavy atom. The number of nitrogens with two attached hydrogens (primary N) is 1. The monoisotopic (exact) mass is 565 g/mol. The molecule has 0 radical (unpaired) electrons. The number of anilines is 2. The molecule has 0 aliphatic heterocycles. The molecule has 0 bridgehead atoms. The van der Waals surface area contributed by atoms with Gasteiger partial charge in [0.2, 0.25) is 5.95 Å². The minimum Gasteiger partial charge on any atom is -0.464 e. The highest BCUT2D eigenvalue weighted by atomic mass is 32.1. The number of benzene rings is 1. The maximum absolute atomic E-state index is 13.2. The van der Waals surface area contributed by atoms with E-state index < -0.39 is 17.9 Å². The predicted molar refractivity (Wildman–Crippen MR) is 156 cm³/mol. The molecule has 1 aromatic carbocycles. The summed E-state index contributed by atoms with van der Waals surface area (Å²) in [7, 11) is 0. The van der Waals surface area contributed by atoms with Crippen LogP contribution in [0.1, 0.15) is 62.3 Å². The molecule has 12 heteroatoms. The summed E-state index contributed by atoms with van der Waals surface area (Å²) >= 11 is 1.28. The summed E-state index contributed by atoms with van der Waals surface area (Å²) in [4.78, 5) is 47.6. The van der Waals surface area contributed by atoms with Crippen LogP contribution in [0.15, 0.2) is 35.7 Å². The molecule has 0 aliphatic rings. The Hall–Kier alpha value is -4.32. The molecule has 0 fully saturated rings. The molecular formula is C28H35N7O4S.